The SMILES string of the molecule is CN1C(=O)c2ccccc2N2C(=O)CC[C@]12C(=O)OCc1cccc2ccccc12. The molecule has 1 fully saturated rings. The Labute approximate surface area is 173 Å². The highest BCUT2D eigenvalue weighted by Crippen LogP contribution is 2.44. The fourth-order valence-electron chi connectivity index (χ4n) is 4.57. The van der Waals surface area contributed by atoms with Crippen molar-refractivity contribution in [1.29, 1.82) is 0 Å². The molecule has 2 aliphatic rings. The minimum absolute atomic E-state index is 0.0631. The maximum Gasteiger partial charge on any atom is 0.354 e. The lowest BCUT2D eigenvalue weighted by molar-refractivity contribution is -0.157. The van der Waals surface area contributed by atoms with E-state index in [1.54, 1.807) is 31.3 Å². The number of esters is 1. The number of fused-ring (bicyclic) bond motifs is 4. The van der Waals surface area contributed by atoms with E-state index >= 15 is 0 Å². The van der Waals surface area contributed by atoms with Crippen molar-refractivity contribution < 1.29 is 19.1 Å². The Bertz CT molecular complexity index is 1200. The second-order valence-electron chi connectivity index (χ2n) is 7.64. The summed E-state index contributed by atoms with van der Waals surface area (Å²) in [6, 6.07) is 20.6. The number of nitrogens with zero attached hydrogens (tertiary/aromatic N) is 2. The number of amides is 2. The molecule has 0 saturated carbocycles. The number of hydrogen-bond acceptors (Lipinski definition) is 4. The van der Waals surface area contributed by atoms with E-state index in [1.807, 2.05) is 42.5 Å². The van der Waals surface area contributed by atoms with Crippen molar-refractivity contribution >= 4 is 34.2 Å². The first-order chi connectivity index (χ1) is 14.5. The highest BCUT2D eigenvalue weighted by atomic mass is 16.5. The average molecular weight is 400 g/mol. The molecule has 3 aromatic carbocycles. The van der Waals surface area contributed by atoms with Crippen molar-refractivity contribution in [2.75, 3.05) is 11.9 Å². The number of ether oxygens (including phenoxy) is 1. The van der Waals surface area contributed by atoms with Gasteiger partial charge in [-0.25, -0.2) is 4.79 Å². The second kappa shape index (κ2) is 6.69. The standard InChI is InChI=1S/C24H20N2O4/c1-25-22(28)19-11-4-5-12-20(19)26-21(27)13-14-24(25,26)23(29)30-15-17-9-6-8-16-7-2-3-10-18(16)17/h2-12H,13-15H2,1H3/t24-/m0/s1. The number of benzene rings is 3. The minimum Gasteiger partial charge on any atom is -0.458 e. The van der Waals surface area contributed by atoms with Crippen LogP contribution in [0.2, 0.25) is 0 Å². The van der Waals surface area contributed by atoms with Crippen LogP contribution in [0.25, 0.3) is 10.8 Å². The molecule has 150 valence electrons. The van der Waals surface area contributed by atoms with E-state index in [0.717, 1.165) is 16.3 Å². The van der Waals surface area contributed by atoms with E-state index in [4.69, 9.17) is 4.74 Å². The highest BCUT2D eigenvalue weighted by Gasteiger charge is 2.60. The first-order valence-corrected chi connectivity index (χ1v) is 9.88. The van der Waals surface area contributed by atoms with Crippen LogP contribution in [0, 0.1) is 0 Å². The van der Waals surface area contributed by atoms with E-state index in [0.29, 0.717) is 11.3 Å². The number of carbonyl (C=O) groups excluding carboxylic acids is 3. The van der Waals surface area contributed by atoms with Gasteiger partial charge in [0.15, 0.2) is 0 Å². The van der Waals surface area contributed by atoms with Crippen molar-refractivity contribution in [1.82, 2.24) is 4.90 Å². The molecule has 0 bridgehead atoms. The van der Waals surface area contributed by atoms with Gasteiger partial charge in [0.1, 0.15) is 6.61 Å². The number of likely N-dealkylation sites (N-methyl/N-ethyl adjacent to an activating group) is 1. The van der Waals surface area contributed by atoms with E-state index in [9.17, 15) is 14.4 Å². The zero-order valence-corrected chi connectivity index (χ0v) is 16.5. The Hall–Kier alpha value is -3.67. The zero-order chi connectivity index (χ0) is 20.9. The molecule has 1 atom stereocenters. The molecule has 3 aromatic rings. The fraction of sp³-hybridized carbons (Fsp3) is 0.208. The summed E-state index contributed by atoms with van der Waals surface area (Å²) in [5, 5.41) is 2.06. The highest BCUT2D eigenvalue weighted by molar-refractivity contribution is 6.15. The van der Waals surface area contributed by atoms with Gasteiger partial charge >= 0.3 is 5.97 Å². The number of carbonyl (C=O) groups is 3. The Morgan fingerprint density at radius 1 is 1.00 bits per heavy atom. The van der Waals surface area contributed by atoms with Gasteiger partial charge in [-0.3, -0.25) is 14.5 Å². The maximum absolute atomic E-state index is 13.4. The number of para-hydroxylation sites is 1. The van der Waals surface area contributed by atoms with Crippen LogP contribution < -0.4 is 4.90 Å². The summed E-state index contributed by atoms with van der Waals surface area (Å²) in [6.45, 7) is 0.0631. The van der Waals surface area contributed by atoms with Crippen LogP contribution in [0.1, 0.15) is 28.8 Å². The first-order valence-electron chi connectivity index (χ1n) is 9.88. The van der Waals surface area contributed by atoms with Gasteiger partial charge in [0, 0.05) is 19.9 Å². The molecule has 0 spiro atoms. The number of hydrogen-bond donors (Lipinski definition) is 0. The Morgan fingerprint density at radius 3 is 2.60 bits per heavy atom. The van der Waals surface area contributed by atoms with Crippen LogP contribution >= 0.6 is 0 Å². The quantitative estimate of drug-likeness (QED) is 0.631. The van der Waals surface area contributed by atoms with Crippen LogP contribution in [0.4, 0.5) is 5.69 Å². The van der Waals surface area contributed by atoms with Gasteiger partial charge in [0.05, 0.1) is 11.3 Å². The number of anilines is 1. The van der Waals surface area contributed by atoms with Gasteiger partial charge in [0.25, 0.3) is 5.91 Å². The molecule has 2 aliphatic heterocycles. The fourth-order valence-corrected chi connectivity index (χ4v) is 4.57. The zero-order valence-electron chi connectivity index (χ0n) is 16.5. The maximum atomic E-state index is 13.4. The normalized spacial score (nSPS) is 20.3. The molecule has 2 heterocycles. The van der Waals surface area contributed by atoms with Crippen molar-refractivity contribution in [3.63, 3.8) is 0 Å². The summed E-state index contributed by atoms with van der Waals surface area (Å²) in [6.07, 6.45) is 0.381. The van der Waals surface area contributed by atoms with Crippen LogP contribution in [0.5, 0.6) is 0 Å². The predicted octanol–water partition coefficient (Wildman–Crippen LogP) is 3.49. The topological polar surface area (TPSA) is 66.9 Å². The molecule has 0 N–H and O–H groups in total. The third-order valence-corrected chi connectivity index (χ3v) is 6.11. The summed E-state index contributed by atoms with van der Waals surface area (Å²) < 4.78 is 5.74. The molecule has 0 aliphatic carbocycles. The molecular formula is C24H20N2O4. The summed E-state index contributed by atoms with van der Waals surface area (Å²) >= 11 is 0. The van der Waals surface area contributed by atoms with Gasteiger partial charge in [-0.15, -0.1) is 0 Å². The van der Waals surface area contributed by atoms with Gasteiger partial charge in [-0.2, -0.15) is 0 Å². The smallest absolute Gasteiger partial charge is 0.354 e. The Balaban J connectivity index is 1.51. The van der Waals surface area contributed by atoms with Crippen LogP contribution in [0.3, 0.4) is 0 Å². The summed E-state index contributed by atoms with van der Waals surface area (Å²) in [5.41, 5.74) is 0.296. The third-order valence-electron chi connectivity index (χ3n) is 6.11. The van der Waals surface area contributed by atoms with Crippen LogP contribution in [-0.2, 0) is 20.9 Å². The summed E-state index contributed by atoms with van der Waals surface area (Å²) in [7, 11) is 1.56. The predicted molar refractivity (Wildman–Crippen MR) is 112 cm³/mol. The molecule has 6 heteroatoms. The largest absolute Gasteiger partial charge is 0.458 e. The molecule has 6 nitrogen and oxygen atoms in total. The van der Waals surface area contributed by atoms with Crippen molar-refractivity contribution in [2.45, 2.75) is 25.1 Å². The molecular weight excluding hydrogens is 380 g/mol. The lowest BCUT2D eigenvalue weighted by atomic mass is 9.97. The van der Waals surface area contributed by atoms with Gasteiger partial charge in [0.2, 0.25) is 11.6 Å². The molecule has 0 radical (unpaired) electrons. The van der Waals surface area contributed by atoms with E-state index < -0.39 is 11.6 Å². The van der Waals surface area contributed by atoms with Crippen LogP contribution in [-0.4, -0.2) is 35.4 Å². The number of rotatable bonds is 3. The molecule has 30 heavy (non-hydrogen) atoms. The minimum atomic E-state index is -1.45. The van der Waals surface area contributed by atoms with Crippen molar-refractivity contribution in [3.05, 3.63) is 77.9 Å². The summed E-state index contributed by atoms with van der Waals surface area (Å²) in [5.74, 6) is -1.07. The van der Waals surface area contributed by atoms with E-state index in [-0.39, 0.29) is 31.3 Å². The molecule has 0 unspecified atom stereocenters. The van der Waals surface area contributed by atoms with Crippen LogP contribution in [0.15, 0.2) is 66.7 Å². The van der Waals surface area contributed by atoms with Gasteiger partial charge in [-0.1, -0.05) is 54.6 Å². The lowest BCUT2D eigenvalue weighted by Crippen LogP contribution is -2.67. The Morgan fingerprint density at radius 2 is 1.73 bits per heavy atom. The first kappa shape index (κ1) is 18.4. The van der Waals surface area contributed by atoms with E-state index in [2.05, 4.69) is 0 Å². The average Bonchev–Trinajstić information content (AvgIpc) is 3.14. The van der Waals surface area contributed by atoms with Gasteiger partial charge in [-0.05, 0) is 28.5 Å². The molecule has 1 saturated heterocycles. The molecule has 2 amide bonds. The summed E-state index contributed by atoms with van der Waals surface area (Å²) in [4.78, 5) is 42.0. The molecule has 0 aromatic heterocycles. The van der Waals surface area contributed by atoms with Crippen molar-refractivity contribution in [2.24, 2.45) is 0 Å². The molecule has 5 rings (SSSR count). The lowest BCUT2D eigenvalue weighted by Gasteiger charge is -2.46. The second-order valence-corrected chi connectivity index (χ2v) is 7.64. The Kier molecular flexibility index (Phi) is 4.10. The van der Waals surface area contributed by atoms with Crippen molar-refractivity contribution in [3.8, 4) is 0 Å². The monoisotopic (exact) mass is 400 g/mol. The third kappa shape index (κ3) is 2.46. The van der Waals surface area contributed by atoms with E-state index in [1.165, 1.54) is 9.80 Å². The van der Waals surface area contributed by atoms with Gasteiger partial charge < -0.3 is 9.64 Å².